The van der Waals surface area contributed by atoms with E-state index in [0.29, 0.717) is 0 Å². The summed E-state index contributed by atoms with van der Waals surface area (Å²) in [6, 6.07) is 0. The molecule has 0 heteroatoms. The number of unbranched alkanes of at least 4 members (excludes halogenated alkanes) is 4. The molecule has 0 N–H and O–H groups in total. The van der Waals surface area contributed by atoms with Crippen LogP contribution in [0.3, 0.4) is 0 Å². The van der Waals surface area contributed by atoms with Crippen LogP contribution >= 0.6 is 0 Å². The Balaban J connectivity index is 2.97. The van der Waals surface area contributed by atoms with Gasteiger partial charge in [-0.1, -0.05) is 38.0 Å². The first-order valence-corrected chi connectivity index (χ1v) is 4.67. The van der Waals surface area contributed by atoms with Gasteiger partial charge in [0, 0.05) is 0 Å². The van der Waals surface area contributed by atoms with Gasteiger partial charge in [-0.15, -0.1) is 6.58 Å². The average Bonchev–Trinajstić information content (AvgIpc) is 2.03. The Morgan fingerprint density at radius 1 is 1.00 bits per heavy atom. The second kappa shape index (κ2) is 9.48. The monoisotopic (exact) mass is 152 g/mol. The third-order valence-corrected chi connectivity index (χ3v) is 1.67. The maximum absolute atomic E-state index is 3.68. The van der Waals surface area contributed by atoms with Gasteiger partial charge < -0.3 is 0 Å². The Labute approximate surface area is 71.0 Å². The molecule has 0 heterocycles. The van der Waals surface area contributed by atoms with Crippen molar-refractivity contribution in [2.75, 3.05) is 0 Å². The lowest BCUT2D eigenvalue weighted by Gasteiger charge is -1.90. The minimum Gasteiger partial charge on any atom is -0.103 e. The largest absolute Gasteiger partial charge is 0.103 e. The van der Waals surface area contributed by atoms with Gasteiger partial charge in [0.05, 0.1) is 0 Å². The molecule has 0 saturated heterocycles. The highest BCUT2D eigenvalue weighted by molar-refractivity contribution is 4.82. The van der Waals surface area contributed by atoms with E-state index in [1.165, 1.54) is 32.1 Å². The first-order valence-electron chi connectivity index (χ1n) is 4.67. The van der Waals surface area contributed by atoms with Crippen LogP contribution in [0.1, 0.15) is 45.4 Å². The van der Waals surface area contributed by atoms with E-state index in [1.807, 2.05) is 6.08 Å². The van der Waals surface area contributed by atoms with Crippen LogP contribution in [0.25, 0.3) is 0 Å². The van der Waals surface area contributed by atoms with Gasteiger partial charge in [-0.25, -0.2) is 0 Å². The zero-order valence-electron chi connectivity index (χ0n) is 7.68. The van der Waals surface area contributed by atoms with Gasteiger partial charge in [0.15, 0.2) is 0 Å². The fourth-order valence-corrected chi connectivity index (χ4v) is 0.938. The van der Waals surface area contributed by atoms with Crippen molar-refractivity contribution in [2.45, 2.75) is 45.4 Å². The van der Waals surface area contributed by atoms with Crippen molar-refractivity contribution in [3.8, 4) is 0 Å². The van der Waals surface area contributed by atoms with E-state index in [2.05, 4.69) is 25.7 Å². The lowest BCUT2D eigenvalue weighted by atomic mass is 10.2. The van der Waals surface area contributed by atoms with Crippen molar-refractivity contribution >= 4 is 0 Å². The van der Waals surface area contributed by atoms with Gasteiger partial charge >= 0.3 is 0 Å². The van der Waals surface area contributed by atoms with Gasteiger partial charge in [-0.3, -0.25) is 0 Å². The van der Waals surface area contributed by atoms with E-state index in [1.54, 1.807) is 0 Å². The SMILES string of the molecule is C=CCCCC=CCCCC. The lowest BCUT2D eigenvalue weighted by Crippen LogP contribution is -1.69. The average molecular weight is 152 g/mol. The molecule has 0 unspecified atom stereocenters. The number of allylic oxidation sites excluding steroid dienone is 3. The van der Waals surface area contributed by atoms with Gasteiger partial charge in [0.2, 0.25) is 0 Å². The highest BCUT2D eigenvalue weighted by atomic mass is 13.9. The predicted molar refractivity (Wildman–Crippen MR) is 52.7 cm³/mol. The van der Waals surface area contributed by atoms with E-state index in [4.69, 9.17) is 0 Å². The maximum Gasteiger partial charge on any atom is -0.0348 e. The van der Waals surface area contributed by atoms with Crippen LogP contribution in [0.15, 0.2) is 24.8 Å². The summed E-state index contributed by atoms with van der Waals surface area (Å²) in [5.41, 5.74) is 0. The van der Waals surface area contributed by atoms with Gasteiger partial charge in [0.25, 0.3) is 0 Å². The smallest absolute Gasteiger partial charge is 0.0348 e. The number of hydrogen-bond acceptors (Lipinski definition) is 0. The molecule has 0 aromatic heterocycles. The molecule has 0 radical (unpaired) electrons. The Morgan fingerprint density at radius 3 is 2.18 bits per heavy atom. The Hall–Kier alpha value is -0.520. The van der Waals surface area contributed by atoms with Crippen LogP contribution in [-0.2, 0) is 0 Å². The van der Waals surface area contributed by atoms with E-state index in [9.17, 15) is 0 Å². The summed E-state index contributed by atoms with van der Waals surface area (Å²) in [4.78, 5) is 0. The molecule has 11 heavy (non-hydrogen) atoms. The van der Waals surface area contributed by atoms with E-state index in [-0.39, 0.29) is 0 Å². The van der Waals surface area contributed by atoms with Crippen LogP contribution in [0.4, 0.5) is 0 Å². The molecule has 0 aromatic carbocycles. The summed E-state index contributed by atoms with van der Waals surface area (Å²) < 4.78 is 0. The molecule has 0 amide bonds. The normalized spacial score (nSPS) is 10.6. The van der Waals surface area contributed by atoms with Gasteiger partial charge in [-0.05, 0) is 25.7 Å². The zero-order valence-corrected chi connectivity index (χ0v) is 7.68. The maximum atomic E-state index is 3.68. The van der Waals surface area contributed by atoms with E-state index >= 15 is 0 Å². The Kier molecular flexibility index (Phi) is 9.03. The third-order valence-electron chi connectivity index (χ3n) is 1.67. The standard InChI is InChI=1S/C11H20/c1-3-5-7-9-11-10-8-6-4-2/h3,10-11H,1,4-9H2,2H3. The molecule has 0 fully saturated rings. The second-order valence-electron chi connectivity index (χ2n) is 2.83. The Bertz CT molecular complexity index is 101. The molecule has 0 aliphatic rings. The number of rotatable bonds is 7. The fraction of sp³-hybridized carbons (Fsp3) is 0.636. The lowest BCUT2D eigenvalue weighted by molar-refractivity contribution is 0.806. The molecular formula is C11H20. The van der Waals surface area contributed by atoms with Crippen molar-refractivity contribution < 1.29 is 0 Å². The molecule has 64 valence electrons. The van der Waals surface area contributed by atoms with Crippen molar-refractivity contribution in [1.82, 2.24) is 0 Å². The summed E-state index contributed by atoms with van der Waals surface area (Å²) in [6.45, 7) is 5.91. The molecule has 0 bridgehead atoms. The summed E-state index contributed by atoms with van der Waals surface area (Å²) in [5.74, 6) is 0. The molecular weight excluding hydrogens is 132 g/mol. The van der Waals surface area contributed by atoms with Crippen LogP contribution in [0.5, 0.6) is 0 Å². The van der Waals surface area contributed by atoms with Gasteiger partial charge in [0.1, 0.15) is 0 Å². The minimum absolute atomic E-state index is 1.15. The topological polar surface area (TPSA) is 0 Å². The molecule has 0 rings (SSSR count). The molecule has 0 saturated carbocycles. The highest BCUT2D eigenvalue weighted by Gasteiger charge is 1.79. The third kappa shape index (κ3) is 9.48. The summed E-state index contributed by atoms with van der Waals surface area (Å²) >= 11 is 0. The van der Waals surface area contributed by atoms with Crippen LogP contribution < -0.4 is 0 Å². The van der Waals surface area contributed by atoms with Crippen LogP contribution in [0, 0.1) is 0 Å². The van der Waals surface area contributed by atoms with Gasteiger partial charge in [-0.2, -0.15) is 0 Å². The minimum atomic E-state index is 1.15. The fourth-order valence-electron chi connectivity index (χ4n) is 0.938. The molecule has 0 nitrogen and oxygen atoms in total. The first-order chi connectivity index (χ1) is 5.41. The summed E-state index contributed by atoms with van der Waals surface area (Å²) in [7, 11) is 0. The summed E-state index contributed by atoms with van der Waals surface area (Å²) in [6.07, 6.45) is 14.1. The number of hydrogen-bond donors (Lipinski definition) is 0. The van der Waals surface area contributed by atoms with Crippen molar-refractivity contribution in [3.63, 3.8) is 0 Å². The van der Waals surface area contributed by atoms with E-state index < -0.39 is 0 Å². The molecule has 0 spiro atoms. The second-order valence-corrected chi connectivity index (χ2v) is 2.83. The van der Waals surface area contributed by atoms with E-state index in [0.717, 1.165) is 6.42 Å². The highest BCUT2D eigenvalue weighted by Crippen LogP contribution is 2.00. The van der Waals surface area contributed by atoms with Crippen molar-refractivity contribution in [1.29, 1.82) is 0 Å². The zero-order chi connectivity index (χ0) is 8.36. The molecule has 0 aromatic rings. The quantitative estimate of drug-likeness (QED) is 0.381. The molecule has 0 atom stereocenters. The van der Waals surface area contributed by atoms with Crippen LogP contribution in [-0.4, -0.2) is 0 Å². The van der Waals surface area contributed by atoms with Crippen LogP contribution in [0.2, 0.25) is 0 Å². The Morgan fingerprint density at radius 2 is 1.64 bits per heavy atom. The van der Waals surface area contributed by atoms with Crippen molar-refractivity contribution in [2.24, 2.45) is 0 Å². The molecule has 0 aliphatic carbocycles. The molecule has 0 aliphatic heterocycles. The predicted octanol–water partition coefficient (Wildman–Crippen LogP) is 4.09. The first kappa shape index (κ1) is 10.5. The summed E-state index contributed by atoms with van der Waals surface area (Å²) in [5, 5.41) is 0. The van der Waals surface area contributed by atoms with Crippen molar-refractivity contribution in [3.05, 3.63) is 24.8 Å².